The number of carboxylic acids is 1. The van der Waals surface area contributed by atoms with Crippen molar-refractivity contribution in [1.29, 1.82) is 0 Å². The van der Waals surface area contributed by atoms with E-state index in [-0.39, 0.29) is 0 Å². The summed E-state index contributed by atoms with van der Waals surface area (Å²) in [7, 11) is 1.63. The molecule has 6 heteroatoms. The number of benzene rings is 3. The minimum Gasteiger partial charge on any atom is -0.480 e. The predicted molar refractivity (Wildman–Crippen MR) is 141 cm³/mol. The highest BCUT2D eigenvalue weighted by Gasteiger charge is 2.20. The molecule has 35 heavy (non-hydrogen) atoms. The number of anilines is 1. The van der Waals surface area contributed by atoms with Crippen molar-refractivity contribution in [3.8, 4) is 22.4 Å². The van der Waals surface area contributed by atoms with E-state index in [2.05, 4.69) is 48.4 Å². The van der Waals surface area contributed by atoms with Crippen molar-refractivity contribution < 1.29 is 14.3 Å². The van der Waals surface area contributed by atoms with Gasteiger partial charge in [0, 0.05) is 29.8 Å². The van der Waals surface area contributed by atoms with E-state index in [1.165, 1.54) is 17.7 Å². The molecular weight excluding hydrogens is 441 g/mol. The summed E-state index contributed by atoms with van der Waals surface area (Å²) in [6.07, 6.45) is 1.63. The molecule has 0 amide bonds. The van der Waals surface area contributed by atoms with Gasteiger partial charge in [-0.15, -0.1) is 0 Å². The van der Waals surface area contributed by atoms with Crippen LogP contribution in [0.3, 0.4) is 0 Å². The first kappa shape index (κ1) is 24.1. The van der Waals surface area contributed by atoms with Gasteiger partial charge in [-0.2, -0.15) is 0 Å². The van der Waals surface area contributed by atoms with Crippen molar-refractivity contribution in [2.24, 2.45) is 4.99 Å². The molecule has 0 saturated carbocycles. The summed E-state index contributed by atoms with van der Waals surface area (Å²) in [5.74, 6) is -0.963. The molecule has 1 unspecified atom stereocenters. The maximum atomic E-state index is 14.1. The monoisotopic (exact) mass is 469 g/mol. The van der Waals surface area contributed by atoms with Crippen LogP contribution < -0.4 is 5.32 Å². The lowest BCUT2D eigenvalue weighted by molar-refractivity contribution is -0.137. The molecule has 3 aromatic carbocycles. The molecule has 2 N–H and O–H groups in total. The fourth-order valence-electron chi connectivity index (χ4n) is 4.04. The van der Waals surface area contributed by atoms with Crippen LogP contribution in [0.1, 0.15) is 37.8 Å². The zero-order valence-corrected chi connectivity index (χ0v) is 20.2. The van der Waals surface area contributed by atoms with Crippen LogP contribution in [0.5, 0.6) is 0 Å². The Labute approximate surface area is 204 Å². The SMILES string of the molecule is CN=Cc1c(-c2ccc(-c3ccc(C(C)C)cc3)cc2)nc2ccc(F)cc2c1NC(C)C(=O)O. The number of rotatable bonds is 7. The Hall–Kier alpha value is -4.06. The minimum atomic E-state index is -1.01. The van der Waals surface area contributed by atoms with Crippen LogP contribution in [0.2, 0.25) is 0 Å². The molecule has 0 aliphatic carbocycles. The number of nitrogens with one attached hydrogen (secondary N) is 1. The Morgan fingerprint density at radius 2 is 1.57 bits per heavy atom. The molecule has 178 valence electrons. The van der Waals surface area contributed by atoms with Gasteiger partial charge in [-0.25, -0.2) is 9.37 Å². The highest BCUT2D eigenvalue weighted by atomic mass is 19.1. The van der Waals surface area contributed by atoms with Crippen LogP contribution in [-0.2, 0) is 4.79 Å². The van der Waals surface area contributed by atoms with Crippen molar-refractivity contribution in [2.75, 3.05) is 12.4 Å². The molecule has 1 heterocycles. The Morgan fingerprint density at radius 1 is 0.971 bits per heavy atom. The van der Waals surface area contributed by atoms with Gasteiger partial charge in [0.1, 0.15) is 11.9 Å². The summed E-state index contributed by atoms with van der Waals surface area (Å²) < 4.78 is 14.1. The molecule has 1 aromatic heterocycles. The number of aromatic nitrogens is 1. The van der Waals surface area contributed by atoms with E-state index in [1.54, 1.807) is 26.3 Å². The van der Waals surface area contributed by atoms with Crippen LogP contribution in [0.4, 0.5) is 10.1 Å². The maximum Gasteiger partial charge on any atom is 0.325 e. The highest BCUT2D eigenvalue weighted by Crippen LogP contribution is 2.35. The third-order valence-electron chi connectivity index (χ3n) is 6.04. The molecule has 0 aliphatic rings. The molecule has 5 nitrogen and oxygen atoms in total. The lowest BCUT2D eigenvalue weighted by atomic mass is 9.96. The average Bonchev–Trinajstić information content (AvgIpc) is 2.85. The van der Waals surface area contributed by atoms with Gasteiger partial charge in [-0.05, 0) is 47.7 Å². The second-order valence-corrected chi connectivity index (χ2v) is 8.86. The van der Waals surface area contributed by atoms with E-state index in [4.69, 9.17) is 4.98 Å². The van der Waals surface area contributed by atoms with Gasteiger partial charge >= 0.3 is 5.97 Å². The number of carbonyl (C=O) groups is 1. The number of fused-ring (bicyclic) bond motifs is 1. The number of aliphatic imine (C=N–C) groups is 1. The zero-order valence-electron chi connectivity index (χ0n) is 20.2. The van der Waals surface area contributed by atoms with Gasteiger partial charge in [0.25, 0.3) is 0 Å². The molecule has 0 radical (unpaired) electrons. The largest absolute Gasteiger partial charge is 0.480 e. The first-order valence-electron chi connectivity index (χ1n) is 11.5. The average molecular weight is 470 g/mol. The van der Waals surface area contributed by atoms with E-state index in [0.29, 0.717) is 33.8 Å². The van der Waals surface area contributed by atoms with Crippen LogP contribution >= 0.6 is 0 Å². The molecule has 0 bridgehead atoms. The number of pyridine rings is 1. The second-order valence-electron chi connectivity index (χ2n) is 8.86. The Balaban J connectivity index is 1.84. The molecular formula is C29H28FN3O2. The molecule has 1 atom stereocenters. The van der Waals surface area contributed by atoms with Gasteiger partial charge in [0.05, 0.1) is 16.9 Å². The van der Waals surface area contributed by atoms with Gasteiger partial charge in [-0.3, -0.25) is 9.79 Å². The highest BCUT2D eigenvalue weighted by molar-refractivity contribution is 6.07. The lowest BCUT2D eigenvalue weighted by Crippen LogP contribution is -2.26. The number of nitrogens with zero attached hydrogens (tertiary/aromatic N) is 2. The van der Waals surface area contributed by atoms with E-state index < -0.39 is 17.8 Å². The number of hydrogen-bond acceptors (Lipinski definition) is 4. The first-order chi connectivity index (χ1) is 16.8. The van der Waals surface area contributed by atoms with Crippen molar-refractivity contribution in [1.82, 2.24) is 4.98 Å². The number of aliphatic carboxylic acids is 1. The van der Waals surface area contributed by atoms with Crippen molar-refractivity contribution in [3.05, 3.63) is 83.7 Å². The van der Waals surface area contributed by atoms with E-state index in [1.807, 2.05) is 24.3 Å². The summed E-state index contributed by atoms with van der Waals surface area (Å²) in [4.78, 5) is 20.6. The number of halogens is 1. The quantitative estimate of drug-likeness (QED) is 0.293. The third-order valence-corrected chi connectivity index (χ3v) is 6.04. The van der Waals surface area contributed by atoms with Gasteiger partial charge in [0.2, 0.25) is 0 Å². The molecule has 0 aliphatic heterocycles. The predicted octanol–water partition coefficient (Wildman–Crippen LogP) is 6.77. The van der Waals surface area contributed by atoms with Crippen LogP contribution in [-0.4, -0.2) is 35.4 Å². The molecule has 0 spiro atoms. The fourth-order valence-corrected chi connectivity index (χ4v) is 4.04. The summed E-state index contributed by atoms with van der Waals surface area (Å²) in [5, 5.41) is 13.0. The van der Waals surface area contributed by atoms with Crippen molar-refractivity contribution >= 4 is 28.8 Å². The van der Waals surface area contributed by atoms with E-state index in [0.717, 1.165) is 16.7 Å². The number of hydrogen-bond donors (Lipinski definition) is 2. The lowest BCUT2D eigenvalue weighted by Gasteiger charge is -2.19. The van der Waals surface area contributed by atoms with E-state index in [9.17, 15) is 14.3 Å². The second kappa shape index (κ2) is 10.1. The van der Waals surface area contributed by atoms with Crippen LogP contribution in [0.15, 0.2) is 71.7 Å². The Kier molecular flexibility index (Phi) is 6.92. The molecule has 0 saturated heterocycles. The first-order valence-corrected chi connectivity index (χ1v) is 11.5. The topological polar surface area (TPSA) is 74.6 Å². The summed E-state index contributed by atoms with van der Waals surface area (Å²) >= 11 is 0. The van der Waals surface area contributed by atoms with Gasteiger partial charge < -0.3 is 10.4 Å². The third kappa shape index (κ3) is 5.06. The Bertz CT molecular complexity index is 1390. The standard InChI is InChI=1S/C29H28FN3O2/c1-17(2)19-5-7-20(8-6-19)21-9-11-22(12-10-21)27-25(16-31-4)28(32-18(3)29(34)35)24-15-23(30)13-14-26(24)33-27/h5-18H,1-4H3,(H,32,33)(H,34,35). The maximum absolute atomic E-state index is 14.1. The van der Waals surface area contributed by atoms with Crippen LogP contribution in [0.25, 0.3) is 33.3 Å². The zero-order chi connectivity index (χ0) is 25.1. The van der Waals surface area contributed by atoms with Crippen molar-refractivity contribution in [2.45, 2.75) is 32.7 Å². The van der Waals surface area contributed by atoms with Crippen molar-refractivity contribution in [3.63, 3.8) is 0 Å². The molecule has 4 rings (SSSR count). The Morgan fingerprint density at radius 3 is 2.14 bits per heavy atom. The van der Waals surface area contributed by atoms with Crippen LogP contribution in [0, 0.1) is 5.82 Å². The molecule has 0 fully saturated rings. The number of carboxylic acid groups (broad SMARTS) is 1. The molecule has 4 aromatic rings. The van der Waals surface area contributed by atoms with E-state index >= 15 is 0 Å². The summed E-state index contributed by atoms with van der Waals surface area (Å²) in [6, 6.07) is 20.0. The van der Waals surface area contributed by atoms with Gasteiger partial charge in [-0.1, -0.05) is 62.4 Å². The fraction of sp³-hybridized carbons (Fsp3) is 0.207. The minimum absolute atomic E-state index is 0.426. The van der Waals surface area contributed by atoms with Gasteiger partial charge in [0.15, 0.2) is 0 Å². The smallest absolute Gasteiger partial charge is 0.325 e. The summed E-state index contributed by atoms with van der Waals surface area (Å²) in [6.45, 7) is 5.89. The summed E-state index contributed by atoms with van der Waals surface area (Å²) in [5.41, 5.74) is 6.62. The normalized spacial score (nSPS) is 12.4.